The van der Waals surface area contributed by atoms with Crippen molar-refractivity contribution in [3.05, 3.63) is 99.8 Å². The van der Waals surface area contributed by atoms with E-state index in [0.29, 0.717) is 21.5 Å². The first-order valence-electron chi connectivity index (χ1n) is 10.9. The third-order valence-corrected chi connectivity index (χ3v) is 7.96. The number of aromatic nitrogens is 2. The van der Waals surface area contributed by atoms with Gasteiger partial charge < -0.3 is 14.2 Å². The number of benzene rings is 3. The van der Waals surface area contributed by atoms with Crippen LogP contribution in [-0.4, -0.2) is 25.7 Å². The summed E-state index contributed by atoms with van der Waals surface area (Å²) in [5, 5.41) is 4.83. The monoisotopic (exact) mass is 539 g/mol. The van der Waals surface area contributed by atoms with E-state index in [4.69, 9.17) is 20.9 Å². The van der Waals surface area contributed by atoms with Crippen LogP contribution in [0.25, 0.3) is 22.0 Å². The van der Waals surface area contributed by atoms with Gasteiger partial charge in [0.2, 0.25) is 5.56 Å². The first-order chi connectivity index (χ1) is 17.7. The molecular weight excluding hydrogens is 521 g/mol. The number of nitrogens with zero attached hydrogens (tertiary/aromatic N) is 2. The molecule has 0 aliphatic rings. The van der Waals surface area contributed by atoms with Gasteiger partial charge in [-0.05, 0) is 65.9 Å². The largest absolute Gasteiger partial charge is 0.495 e. The van der Waals surface area contributed by atoms with Crippen molar-refractivity contribution < 1.29 is 22.1 Å². The van der Waals surface area contributed by atoms with Crippen LogP contribution in [0.2, 0.25) is 5.02 Å². The molecule has 37 heavy (non-hydrogen) atoms. The van der Waals surface area contributed by atoms with Crippen LogP contribution in [-0.2, 0) is 10.0 Å². The Labute approximate surface area is 215 Å². The Bertz CT molecular complexity index is 1800. The standard InChI is InChI=1S/C26H19ClFN3O5S/c1-15-11-16(3-6-20(15)27)19-13-24(35-2)23(14-21(19)28)31(25-9-10-36-30-25)37(33,34)18-5-7-22-17(12-18)4-8-26(32)29-22/h3-14H,1-2H3,(H,29,32). The van der Waals surface area contributed by atoms with E-state index in [1.54, 1.807) is 25.1 Å². The van der Waals surface area contributed by atoms with Crippen LogP contribution in [0.4, 0.5) is 15.9 Å². The molecule has 0 aliphatic heterocycles. The maximum Gasteiger partial charge on any atom is 0.270 e. The number of anilines is 2. The molecular formula is C26H19ClFN3O5S. The second-order valence-corrected chi connectivity index (χ2v) is 10.4. The predicted octanol–water partition coefficient (Wildman–Crippen LogP) is 5.82. The molecule has 3 aromatic carbocycles. The number of hydrogen-bond acceptors (Lipinski definition) is 6. The normalized spacial score (nSPS) is 11.6. The molecule has 2 heterocycles. The van der Waals surface area contributed by atoms with Crippen molar-refractivity contribution in [2.24, 2.45) is 0 Å². The summed E-state index contributed by atoms with van der Waals surface area (Å²) in [7, 11) is -3.01. The average molecular weight is 540 g/mol. The topological polar surface area (TPSA) is 106 Å². The van der Waals surface area contributed by atoms with Gasteiger partial charge >= 0.3 is 0 Å². The van der Waals surface area contributed by atoms with Crippen LogP contribution in [0, 0.1) is 12.7 Å². The summed E-state index contributed by atoms with van der Waals surface area (Å²) in [6, 6.07) is 15.9. The number of fused-ring (bicyclic) bond motifs is 1. The third-order valence-electron chi connectivity index (χ3n) is 5.82. The maximum atomic E-state index is 15.5. The van der Waals surface area contributed by atoms with Crippen LogP contribution in [0.3, 0.4) is 0 Å². The molecule has 0 radical (unpaired) electrons. The van der Waals surface area contributed by atoms with Crippen LogP contribution in [0.15, 0.2) is 87.2 Å². The van der Waals surface area contributed by atoms with E-state index in [-0.39, 0.29) is 33.3 Å². The van der Waals surface area contributed by atoms with E-state index in [9.17, 15) is 13.2 Å². The lowest BCUT2D eigenvalue weighted by Gasteiger charge is -2.24. The van der Waals surface area contributed by atoms with Crippen molar-refractivity contribution in [2.45, 2.75) is 11.8 Å². The van der Waals surface area contributed by atoms with Crippen LogP contribution >= 0.6 is 11.6 Å². The summed E-state index contributed by atoms with van der Waals surface area (Å²) in [6.07, 6.45) is 1.21. The van der Waals surface area contributed by atoms with Gasteiger partial charge in [0.1, 0.15) is 23.5 Å². The molecule has 0 aliphatic carbocycles. The van der Waals surface area contributed by atoms with E-state index in [2.05, 4.69) is 10.1 Å². The lowest BCUT2D eigenvalue weighted by atomic mass is 10.0. The van der Waals surface area contributed by atoms with Crippen molar-refractivity contribution in [2.75, 3.05) is 11.4 Å². The molecule has 0 spiro atoms. The zero-order valence-electron chi connectivity index (χ0n) is 19.5. The highest BCUT2D eigenvalue weighted by atomic mass is 35.5. The number of methoxy groups -OCH3 is 1. The fourth-order valence-electron chi connectivity index (χ4n) is 3.98. The molecule has 0 unspecified atom stereocenters. The van der Waals surface area contributed by atoms with Crippen LogP contribution < -0.4 is 14.6 Å². The number of nitrogens with one attached hydrogen (secondary N) is 1. The van der Waals surface area contributed by atoms with Gasteiger partial charge in [-0.2, -0.15) is 0 Å². The van der Waals surface area contributed by atoms with Gasteiger partial charge in [0.15, 0.2) is 5.82 Å². The Morgan fingerprint density at radius 3 is 2.57 bits per heavy atom. The third kappa shape index (κ3) is 4.45. The van der Waals surface area contributed by atoms with Gasteiger partial charge in [-0.25, -0.2) is 17.1 Å². The average Bonchev–Trinajstić information content (AvgIpc) is 3.39. The van der Waals surface area contributed by atoms with Gasteiger partial charge in [0.25, 0.3) is 10.0 Å². The molecule has 1 N–H and O–H groups in total. The summed E-state index contributed by atoms with van der Waals surface area (Å²) >= 11 is 6.12. The molecule has 188 valence electrons. The SMILES string of the molecule is COc1cc(-c2ccc(Cl)c(C)c2)c(F)cc1N(c1ccon1)S(=O)(=O)c1ccc2[nH]c(=O)ccc2c1. The number of aryl methyl sites for hydroxylation is 1. The minimum absolute atomic E-state index is 0.0840. The van der Waals surface area contributed by atoms with Crippen molar-refractivity contribution >= 4 is 44.0 Å². The van der Waals surface area contributed by atoms with Crippen molar-refractivity contribution in [3.8, 4) is 16.9 Å². The van der Waals surface area contributed by atoms with E-state index in [1.807, 2.05) is 0 Å². The summed E-state index contributed by atoms with van der Waals surface area (Å²) < 4.78 is 54.7. The molecule has 5 aromatic rings. The van der Waals surface area contributed by atoms with Gasteiger partial charge in [-0.1, -0.05) is 22.8 Å². The first kappa shape index (κ1) is 24.5. The molecule has 2 aromatic heterocycles. The summed E-state index contributed by atoms with van der Waals surface area (Å²) in [5.41, 5.74) is 1.54. The molecule has 0 saturated carbocycles. The van der Waals surface area contributed by atoms with Gasteiger partial charge in [-0.3, -0.25) is 4.79 Å². The number of rotatable bonds is 6. The van der Waals surface area contributed by atoms with Gasteiger partial charge in [-0.15, -0.1) is 0 Å². The molecule has 5 rings (SSSR count). The van der Waals surface area contributed by atoms with E-state index >= 15 is 4.39 Å². The van der Waals surface area contributed by atoms with Crippen molar-refractivity contribution in [1.82, 2.24) is 10.1 Å². The summed E-state index contributed by atoms with van der Waals surface area (Å²) in [5.74, 6) is -0.702. The van der Waals surface area contributed by atoms with Crippen molar-refractivity contribution in [3.63, 3.8) is 0 Å². The molecule has 11 heteroatoms. The maximum absolute atomic E-state index is 15.5. The molecule has 0 amide bonds. The number of pyridine rings is 1. The first-order valence-corrected chi connectivity index (χ1v) is 12.7. The Kier molecular flexibility index (Phi) is 6.22. The van der Waals surface area contributed by atoms with E-state index < -0.39 is 15.8 Å². The zero-order valence-corrected chi connectivity index (χ0v) is 21.1. The van der Waals surface area contributed by atoms with Crippen LogP contribution in [0.1, 0.15) is 5.56 Å². The Hall–Kier alpha value is -4.15. The highest BCUT2D eigenvalue weighted by Gasteiger charge is 2.32. The second-order valence-electron chi connectivity index (χ2n) is 8.17. The highest BCUT2D eigenvalue weighted by Crippen LogP contribution is 2.42. The predicted molar refractivity (Wildman–Crippen MR) is 139 cm³/mol. The second kappa shape index (κ2) is 9.38. The Balaban J connectivity index is 1.70. The van der Waals surface area contributed by atoms with Gasteiger partial charge in [0, 0.05) is 34.3 Å². The van der Waals surface area contributed by atoms with Crippen molar-refractivity contribution in [1.29, 1.82) is 0 Å². The fraction of sp³-hybridized carbons (Fsp3) is 0.0769. The Morgan fingerprint density at radius 2 is 1.86 bits per heavy atom. The quantitative estimate of drug-likeness (QED) is 0.291. The minimum atomic E-state index is -4.36. The molecule has 8 nitrogen and oxygen atoms in total. The van der Waals surface area contributed by atoms with E-state index in [1.165, 1.54) is 55.8 Å². The number of aromatic amines is 1. The van der Waals surface area contributed by atoms with Crippen LogP contribution in [0.5, 0.6) is 5.75 Å². The molecule has 0 fully saturated rings. The minimum Gasteiger partial charge on any atom is -0.495 e. The van der Waals surface area contributed by atoms with Gasteiger partial charge in [0.05, 0.1) is 12.0 Å². The number of hydrogen-bond donors (Lipinski definition) is 1. The smallest absolute Gasteiger partial charge is 0.270 e. The Morgan fingerprint density at radius 1 is 1.05 bits per heavy atom. The lowest BCUT2D eigenvalue weighted by Crippen LogP contribution is -2.27. The van der Waals surface area contributed by atoms with E-state index in [0.717, 1.165) is 15.9 Å². The zero-order chi connectivity index (χ0) is 26.3. The molecule has 0 bridgehead atoms. The number of ether oxygens (including phenoxy) is 1. The number of H-pyrrole nitrogens is 1. The number of halogens is 2. The number of sulfonamides is 1. The molecule has 0 saturated heterocycles. The fourth-order valence-corrected chi connectivity index (χ4v) is 5.57. The lowest BCUT2D eigenvalue weighted by molar-refractivity contribution is 0.413. The summed E-state index contributed by atoms with van der Waals surface area (Å²) in [6.45, 7) is 1.80. The highest BCUT2D eigenvalue weighted by molar-refractivity contribution is 7.93. The molecule has 0 atom stereocenters. The summed E-state index contributed by atoms with van der Waals surface area (Å²) in [4.78, 5) is 14.2.